The first-order valence-corrected chi connectivity index (χ1v) is 8.16. The average Bonchev–Trinajstić information content (AvgIpc) is 2.88. The third-order valence-corrected chi connectivity index (χ3v) is 4.40. The van der Waals surface area contributed by atoms with Gasteiger partial charge in [-0.1, -0.05) is 30.3 Å². The zero-order chi connectivity index (χ0) is 20.7. The van der Waals surface area contributed by atoms with Gasteiger partial charge in [0.2, 0.25) is 11.4 Å². The number of nitrogens with zero attached hydrogens (tertiary/aromatic N) is 1. The van der Waals surface area contributed by atoms with E-state index in [2.05, 4.69) is 0 Å². The molecule has 11 heteroatoms. The van der Waals surface area contributed by atoms with Crippen LogP contribution in [0.4, 0.5) is 19.0 Å². The van der Waals surface area contributed by atoms with E-state index < -0.39 is 46.2 Å². The van der Waals surface area contributed by atoms with Gasteiger partial charge in [-0.15, -0.1) is 0 Å². The number of anilines is 1. The zero-order valence-corrected chi connectivity index (χ0v) is 14.5. The molecule has 1 unspecified atom stereocenters. The minimum absolute atomic E-state index is 0.101. The molecule has 1 aliphatic heterocycles. The number of aromatic nitrogens is 2. The quantitative estimate of drug-likeness (QED) is 0.703. The van der Waals surface area contributed by atoms with Crippen LogP contribution in [-0.4, -0.2) is 27.5 Å². The van der Waals surface area contributed by atoms with Crippen molar-refractivity contribution in [3.63, 3.8) is 0 Å². The summed E-state index contributed by atoms with van der Waals surface area (Å²) in [6.45, 7) is 0.689. The van der Waals surface area contributed by atoms with Crippen LogP contribution in [0.25, 0.3) is 0 Å². The molecule has 0 saturated heterocycles. The highest BCUT2D eigenvalue weighted by Gasteiger charge is 2.68. The lowest BCUT2D eigenvalue weighted by molar-refractivity contribution is -0.200. The normalized spacial score (nSPS) is 18.5. The third-order valence-electron chi connectivity index (χ3n) is 4.40. The van der Waals surface area contributed by atoms with Crippen LogP contribution in [0, 0.1) is 0 Å². The van der Waals surface area contributed by atoms with E-state index in [4.69, 9.17) is 0 Å². The van der Waals surface area contributed by atoms with Gasteiger partial charge < -0.3 is 10.6 Å². The Kier molecular flexibility index (Phi) is 4.61. The van der Waals surface area contributed by atoms with Crippen molar-refractivity contribution in [2.75, 3.05) is 5.32 Å². The van der Waals surface area contributed by atoms with Crippen molar-refractivity contribution in [1.82, 2.24) is 14.9 Å². The van der Waals surface area contributed by atoms with Gasteiger partial charge in [0.05, 0.1) is 0 Å². The average molecular weight is 396 g/mol. The molecular weight excluding hydrogens is 381 g/mol. The molecule has 2 amide bonds. The first-order chi connectivity index (χ1) is 13.1. The highest BCUT2D eigenvalue weighted by Crippen LogP contribution is 2.44. The smallest absolute Gasteiger partial charge is 0.331 e. The highest BCUT2D eigenvalue weighted by atomic mass is 19.4. The molecule has 0 spiro atoms. The Morgan fingerprint density at radius 1 is 1.18 bits per heavy atom. The molecule has 0 aliphatic carbocycles. The largest absolute Gasteiger partial charge is 0.425 e. The van der Waals surface area contributed by atoms with Gasteiger partial charge in [0.15, 0.2) is 0 Å². The molecule has 0 radical (unpaired) electrons. The van der Waals surface area contributed by atoms with E-state index in [1.807, 2.05) is 5.32 Å². The summed E-state index contributed by atoms with van der Waals surface area (Å²) in [5.41, 5.74) is -6.22. The standard InChI is InChI=1S/C17H15F3N4O4/c1-9(25)23-16(17(18,19)20)11-12(21-14(16)27)24(15(28)22-13(11)26)8-7-10-5-3-2-4-6-10/h2-6H,7-8H2,1H3,(H,21,27)(H,23,25)(H,22,26,28). The van der Waals surface area contributed by atoms with E-state index >= 15 is 0 Å². The van der Waals surface area contributed by atoms with Gasteiger partial charge in [-0.2, -0.15) is 13.2 Å². The number of fused-ring (bicyclic) bond motifs is 1. The maximum absolute atomic E-state index is 13.9. The molecule has 0 bridgehead atoms. The van der Waals surface area contributed by atoms with Crippen molar-refractivity contribution >= 4 is 17.6 Å². The van der Waals surface area contributed by atoms with Crippen molar-refractivity contribution in [3.05, 3.63) is 62.3 Å². The summed E-state index contributed by atoms with van der Waals surface area (Å²) in [4.78, 5) is 50.0. The molecule has 0 fully saturated rings. The van der Waals surface area contributed by atoms with Crippen molar-refractivity contribution in [2.24, 2.45) is 0 Å². The lowest BCUT2D eigenvalue weighted by Gasteiger charge is -2.29. The van der Waals surface area contributed by atoms with Crippen LogP contribution in [0.15, 0.2) is 39.9 Å². The second-order valence-electron chi connectivity index (χ2n) is 6.25. The van der Waals surface area contributed by atoms with E-state index in [-0.39, 0.29) is 13.0 Å². The molecule has 1 aliphatic rings. The van der Waals surface area contributed by atoms with Gasteiger partial charge in [-0.3, -0.25) is 23.9 Å². The summed E-state index contributed by atoms with van der Waals surface area (Å²) < 4.78 is 42.4. The van der Waals surface area contributed by atoms with Crippen LogP contribution in [-0.2, 0) is 28.1 Å². The van der Waals surface area contributed by atoms with Crippen LogP contribution >= 0.6 is 0 Å². The van der Waals surface area contributed by atoms with Gasteiger partial charge in [0.1, 0.15) is 11.4 Å². The summed E-state index contributed by atoms with van der Waals surface area (Å²) in [6, 6.07) is 8.80. The fourth-order valence-electron chi connectivity index (χ4n) is 3.19. The number of H-pyrrole nitrogens is 1. The molecule has 1 aromatic carbocycles. The zero-order valence-electron chi connectivity index (χ0n) is 14.5. The minimum Gasteiger partial charge on any atom is -0.331 e. The Labute approximate surface area is 155 Å². The van der Waals surface area contributed by atoms with E-state index in [0.717, 1.165) is 17.1 Å². The summed E-state index contributed by atoms with van der Waals surface area (Å²) in [7, 11) is 0. The van der Waals surface area contributed by atoms with Crippen LogP contribution in [0.5, 0.6) is 0 Å². The second-order valence-corrected chi connectivity index (χ2v) is 6.25. The van der Waals surface area contributed by atoms with Gasteiger partial charge in [0, 0.05) is 13.5 Å². The Morgan fingerprint density at radius 3 is 2.39 bits per heavy atom. The van der Waals surface area contributed by atoms with E-state index in [9.17, 15) is 32.3 Å². The Balaban J connectivity index is 2.17. The molecule has 28 heavy (non-hydrogen) atoms. The van der Waals surface area contributed by atoms with Crippen LogP contribution < -0.4 is 21.9 Å². The number of carbonyl (C=O) groups is 2. The fourth-order valence-corrected chi connectivity index (χ4v) is 3.19. The molecule has 3 rings (SSSR count). The molecular formula is C17H15F3N4O4. The summed E-state index contributed by atoms with van der Waals surface area (Å²) in [6.07, 6.45) is -5.06. The molecule has 8 nitrogen and oxygen atoms in total. The van der Waals surface area contributed by atoms with Gasteiger partial charge in [0.25, 0.3) is 11.5 Å². The van der Waals surface area contributed by atoms with Crippen molar-refractivity contribution < 1.29 is 22.8 Å². The Morgan fingerprint density at radius 2 is 1.82 bits per heavy atom. The summed E-state index contributed by atoms with van der Waals surface area (Å²) >= 11 is 0. The number of amides is 2. The lowest BCUT2D eigenvalue weighted by Crippen LogP contribution is -2.61. The fraction of sp³-hybridized carbons (Fsp3) is 0.294. The molecule has 148 valence electrons. The number of aromatic amines is 1. The number of rotatable bonds is 4. The summed E-state index contributed by atoms with van der Waals surface area (Å²) in [5, 5.41) is 3.51. The van der Waals surface area contributed by atoms with Crippen molar-refractivity contribution in [1.29, 1.82) is 0 Å². The summed E-state index contributed by atoms with van der Waals surface area (Å²) in [5.74, 6) is -3.41. The minimum atomic E-state index is -5.32. The Bertz CT molecular complexity index is 1060. The molecule has 1 aromatic heterocycles. The maximum Gasteiger partial charge on any atom is 0.425 e. The first-order valence-electron chi connectivity index (χ1n) is 8.16. The number of aryl methyl sites for hydroxylation is 1. The van der Waals surface area contributed by atoms with Crippen molar-refractivity contribution in [3.8, 4) is 0 Å². The molecule has 2 aromatic rings. The molecule has 2 heterocycles. The molecule has 1 atom stereocenters. The molecule has 0 saturated carbocycles. The Hall–Kier alpha value is -3.37. The second kappa shape index (κ2) is 6.66. The number of benzene rings is 1. The van der Waals surface area contributed by atoms with Crippen LogP contribution in [0.1, 0.15) is 18.1 Å². The maximum atomic E-state index is 13.9. The molecule has 3 N–H and O–H groups in total. The van der Waals surface area contributed by atoms with Gasteiger partial charge in [-0.25, -0.2) is 4.79 Å². The monoisotopic (exact) mass is 396 g/mol. The predicted octanol–water partition coefficient (Wildman–Crippen LogP) is 0.625. The van der Waals surface area contributed by atoms with Crippen LogP contribution in [0.3, 0.4) is 0 Å². The number of halogens is 3. The topological polar surface area (TPSA) is 113 Å². The first kappa shape index (κ1) is 19.4. The number of hydrogen-bond donors (Lipinski definition) is 3. The van der Waals surface area contributed by atoms with Gasteiger partial charge >= 0.3 is 11.9 Å². The number of carbonyl (C=O) groups excluding carboxylic acids is 2. The number of hydrogen-bond acceptors (Lipinski definition) is 4. The van der Waals surface area contributed by atoms with Crippen molar-refractivity contribution in [2.45, 2.75) is 31.6 Å². The van der Waals surface area contributed by atoms with E-state index in [1.54, 1.807) is 40.6 Å². The lowest BCUT2D eigenvalue weighted by atomic mass is 9.92. The SMILES string of the molecule is CC(=O)NC1(C(F)(F)F)C(=O)Nc2c1c(=O)[nH]c(=O)n2CCc1ccccc1. The van der Waals surface area contributed by atoms with Crippen LogP contribution in [0.2, 0.25) is 0 Å². The van der Waals surface area contributed by atoms with Gasteiger partial charge in [-0.05, 0) is 12.0 Å². The number of alkyl halides is 3. The van der Waals surface area contributed by atoms with E-state index in [0.29, 0.717) is 0 Å². The number of nitrogens with one attached hydrogen (secondary N) is 3. The predicted molar refractivity (Wildman–Crippen MR) is 91.6 cm³/mol. The third kappa shape index (κ3) is 2.98. The van der Waals surface area contributed by atoms with E-state index in [1.165, 1.54) is 0 Å². The highest BCUT2D eigenvalue weighted by molar-refractivity contribution is 6.07.